The van der Waals surface area contributed by atoms with E-state index >= 15 is 0 Å². The fourth-order valence-electron chi connectivity index (χ4n) is 9.92. The first kappa shape index (κ1) is 40.3. The van der Waals surface area contributed by atoms with E-state index < -0.39 is 11.9 Å². The van der Waals surface area contributed by atoms with E-state index in [0.29, 0.717) is 38.7 Å². The predicted molar refractivity (Wildman–Crippen MR) is 225 cm³/mol. The number of carbonyl (C=O) groups is 3. The normalized spacial score (nSPS) is 23.3. The first-order valence-electron chi connectivity index (χ1n) is 20.5. The number of rotatable bonds is 9. The number of ether oxygens (including phenoxy) is 1. The van der Waals surface area contributed by atoms with E-state index in [1.165, 1.54) is 0 Å². The summed E-state index contributed by atoms with van der Waals surface area (Å²) in [7, 11) is 0. The Morgan fingerprint density at radius 2 is 1.58 bits per heavy atom. The van der Waals surface area contributed by atoms with Gasteiger partial charge in [0.1, 0.15) is 29.5 Å². The zero-order valence-electron chi connectivity index (χ0n) is 33.9. The minimum absolute atomic E-state index is 0.110. The lowest BCUT2D eigenvalue weighted by atomic mass is 9.49. The van der Waals surface area contributed by atoms with Crippen LogP contribution in [0.4, 0.5) is 11.4 Å². The van der Waals surface area contributed by atoms with Gasteiger partial charge in [0.25, 0.3) is 17.4 Å². The Morgan fingerprint density at radius 3 is 2.24 bits per heavy atom. The van der Waals surface area contributed by atoms with Gasteiger partial charge in [0.2, 0.25) is 5.91 Å². The first-order valence-corrected chi connectivity index (χ1v) is 20.8. The van der Waals surface area contributed by atoms with Crippen molar-refractivity contribution in [2.45, 2.75) is 71.6 Å². The molecule has 4 fully saturated rings. The molecule has 1 atom stereocenters. The Kier molecular flexibility index (Phi) is 10.9. The Labute approximate surface area is 348 Å². The van der Waals surface area contributed by atoms with Crippen molar-refractivity contribution in [2.75, 3.05) is 55.6 Å². The number of halogens is 1. The summed E-state index contributed by atoms with van der Waals surface area (Å²) in [6.07, 6.45) is 2.29. The maximum atomic E-state index is 13.5. The molecule has 0 radical (unpaired) electrons. The first-order chi connectivity index (χ1) is 28.2. The minimum Gasteiger partial charge on any atom is -0.489 e. The zero-order valence-corrected chi connectivity index (χ0v) is 34.7. The third kappa shape index (κ3) is 7.85. The van der Waals surface area contributed by atoms with Gasteiger partial charge < -0.3 is 19.9 Å². The number of amides is 3. The highest BCUT2D eigenvalue weighted by atomic mass is 35.5. The van der Waals surface area contributed by atoms with Crippen LogP contribution in [0.25, 0.3) is 10.9 Å². The SMILES string of the molecule is CC1(C)C(NC(=O)c2ccc(N3CCN(CC4CCN(c5ccc6nnn(C7CCC(=O)NC7=O)c(=O)c6c5)CC4)CC3)cc2)C(C)(C)C1Oc1ccc(C#N)c(Cl)c1. The van der Waals surface area contributed by atoms with Crippen LogP contribution in [0.1, 0.15) is 75.3 Å². The molecule has 308 valence electrons. The van der Waals surface area contributed by atoms with Crippen LogP contribution in [0.15, 0.2) is 65.5 Å². The topological polar surface area (TPSA) is 166 Å². The van der Waals surface area contributed by atoms with Crippen molar-refractivity contribution >= 4 is 51.6 Å². The van der Waals surface area contributed by atoms with Crippen molar-refractivity contribution in [2.24, 2.45) is 16.7 Å². The van der Waals surface area contributed by atoms with Gasteiger partial charge in [-0.25, -0.2) is 0 Å². The summed E-state index contributed by atoms with van der Waals surface area (Å²) < 4.78 is 7.49. The lowest BCUT2D eigenvalue weighted by Gasteiger charge is -2.63. The molecule has 4 aromatic rings. The number of carbonyl (C=O) groups excluding carboxylic acids is 3. The van der Waals surface area contributed by atoms with Gasteiger partial charge in [-0.2, -0.15) is 9.94 Å². The molecule has 2 N–H and O–H groups in total. The lowest BCUT2D eigenvalue weighted by molar-refractivity contribution is -0.164. The molecule has 3 aliphatic heterocycles. The number of anilines is 2. The van der Waals surface area contributed by atoms with Crippen LogP contribution in [-0.4, -0.2) is 95.6 Å². The third-order valence-electron chi connectivity index (χ3n) is 13.0. The lowest BCUT2D eigenvalue weighted by Crippen LogP contribution is -2.74. The van der Waals surface area contributed by atoms with Crippen molar-refractivity contribution in [1.29, 1.82) is 5.26 Å². The molecule has 1 aromatic heterocycles. The molecule has 15 heteroatoms. The second kappa shape index (κ2) is 15.9. The molecule has 8 rings (SSSR count). The van der Waals surface area contributed by atoms with Crippen LogP contribution in [0, 0.1) is 28.1 Å². The highest BCUT2D eigenvalue weighted by Crippen LogP contribution is 2.55. The number of nitrogens with zero attached hydrogens (tertiary/aromatic N) is 7. The van der Waals surface area contributed by atoms with Gasteiger partial charge in [0, 0.05) is 92.1 Å². The third-order valence-corrected chi connectivity index (χ3v) is 13.3. The molecule has 14 nitrogen and oxygen atoms in total. The molecule has 4 aliphatic rings. The Bertz CT molecular complexity index is 2360. The van der Waals surface area contributed by atoms with Gasteiger partial charge in [0.05, 0.1) is 16.0 Å². The van der Waals surface area contributed by atoms with Gasteiger partial charge in [-0.05, 0) is 79.8 Å². The van der Waals surface area contributed by atoms with Crippen LogP contribution in [0.2, 0.25) is 5.02 Å². The van der Waals surface area contributed by atoms with E-state index in [2.05, 4.69) is 69.4 Å². The molecular weight excluding hydrogens is 770 g/mol. The number of piperazine rings is 1. The number of aromatic nitrogens is 3. The molecule has 59 heavy (non-hydrogen) atoms. The molecule has 0 spiro atoms. The number of nitrogens with one attached hydrogen (secondary N) is 2. The average molecular weight is 820 g/mol. The maximum Gasteiger partial charge on any atom is 0.278 e. The fraction of sp³-hybridized carbons (Fsp3) is 0.477. The van der Waals surface area contributed by atoms with Crippen molar-refractivity contribution in [3.05, 3.63) is 87.2 Å². The quantitative estimate of drug-likeness (QED) is 0.220. The highest BCUT2D eigenvalue weighted by molar-refractivity contribution is 6.31. The van der Waals surface area contributed by atoms with E-state index in [4.69, 9.17) is 16.3 Å². The van der Waals surface area contributed by atoms with Crippen LogP contribution >= 0.6 is 11.6 Å². The predicted octanol–water partition coefficient (Wildman–Crippen LogP) is 4.94. The summed E-state index contributed by atoms with van der Waals surface area (Å²) in [6, 6.07) is 19.7. The van der Waals surface area contributed by atoms with Gasteiger partial charge in [0.15, 0.2) is 0 Å². The highest BCUT2D eigenvalue weighted by Gasteiger charge is 2.64. The van der Waals surface area contributed by atoms with Gasteiger partial charge in [-0.15, -0.1) is 5.10 Å². The number of hydrogen-bond donors (Lipinski definition) is 2. The van der Waals surface area contributed by atoms with Crippen molar-refractivity contribution in [3.8, 4) is 11.8 Å². The number of hydrogen-bond acceptors (Lipinski definition) is 11. The van der Waals surface area contributed by atoms with Gasteiger partial charge >= 0.3 is 0 Å². The standard InChI is InChI=1S/C44H50ClN9O5/c1-43(2)41(44(3,4)42(43)59-32-11-7-29(25-46)34(45)24-32)48-38(56)28-5-8-30(9-6-28)53-21-19-51(20-22-53)26-27-15-17-52(18-16-27)31-10-12-35-33(23-31)40(58)54(50-49-35)36-13-14-37(55)47-39(36)57/h5-12,23-24,27,36,41-42H,13-22,26H2,1-4H3,(H,48,56)(H,47,55,57). The van der Waals surface area contributed by atoms with Crippen LogP contribution in [0.3, 0.4) is 0 Å². The number of piperidine rings is 2. The molecule has 4 heterocycles. The van der Waals surface area contributed by atoms with E-state index in [1.54, 1.807) is 18.2 Å². The second-order valence-corrected chi connectivity index (χ2v) is 18.0. The molecule has 0 bridgehead atoms. The smallest absolute Gasteiger partial charge is 0.278 e. The summed E-state index contributed by atoms with van der Waals surface area (Å²) >= 11 is 6.26. The van der Waals surface area contributed by atoms with Crippen LogP contribution < -0.4 is 30.7 Å². The largest absolute Gasteiger partial charge is 0.489 e. The molecule has 1 aliphatic carbocycles. The van der Waals surface area contributed by atoms with Gasteiger partial charge in [-0.1, -0.05) is 44.5 Å². The number of imide groups is 1. The van der Waals surface area contributed by atoms with E-state index in [-0.39, 0.29) is 53.2 Å². The fourth-order valence-corrected chi connectivity index (χ4v) is 10.1. The van der Waals surface area contributed by atoms with E-state index in [0.717, 1.165) is 74.7 Å². The van der Waals surface area contributed by atoms with Gasteiger partial charge in [-0.3, -0.25) is 29.4 Å². The molecule has 1 unspecified atom stereocenters. The molecule has 3 saturated heterocycles. The minimum atomic E-state index is -0.850. The Morgan fingerprint density at radius 1 is 0.898 bits per heavy atom. The summed E-state index contributed by atoms with van der Waals surface area (Å²) in [6.45, 7) is 15.0. The zero-order chi connectivity index (χ0) is 41.6. The second-order valence-electron chi connectivity index (χ2n) is 17.6. The Balaban J connectivity index is 0.802. The average Bonchev–Trinajstić information content (AvgIpc) is 3.23. The number of benzene rings is 3. The summed E-state index contributed by atoms with van der Waals surface area (Å²) in [4.78, 5) is 58.2. The van der Waals surface area contributed by atoms with E-state index in [1.807, 2.05) is 42.5 Å². The summed E-state index contributed by atoms with van der Waals surface area (Å²) in [5.74, 6) is 0.196. The summed E-state index contributed by atoms with van der Waals surface area (Å²) in [5.41, 5.74) is 2.48. The summed E-state index contributed by atoms with van der Waals surface area (Å²) in [5, 5.41) is 23.8. The maximum absolute atomic E-state index is 13.5. The number of fused-ring (bicyclic) bond motifs is 1. The van der Waals surface area contributed by atoms with Crippen LogP contribution in [0.5, 0.6) is 5.75 Å². The van der Waals surface area contributed by atoms with Crippen molar-refractivity contribution in [1.82, 2.24) is 30.5 Å². The van der Waals surface area contributed by atoms with Crippen molar-refractivity contribution < 1.29 is 19.1 Å². The molecular formula is C44H50ClN9O5. The molecule has 1 saturated carbocycles. The van der Waals surface area contributed by atoms with E-state index in [9.17, 15) is 24.4 Å². The molecule has 3 aromatic carbocycles. The Hall–Kier alpha value is -5.52. The van der Waals surface area contributed by atoms with Crippen molar-refractivity contribution in [3.63, 3.8) is 0 Å². The number of nitriles is 1. The molecule has 3 amide bonds. The van der Waals surface area contributed by atoms with Crippen LogP contribution in [-0.2, 0) is 9.59 Å². The monoisotopic (exact) mass is 819 g/mol.